The fourth-order valence-corrected chi connectivity index (χ4v) is 3.07. The number of hydrogen-bond donors (Lipinski definition) is 1. The standard InChI is InChI=1S/C17H17BrFN/c1-11-5-6-15(10-17(11)18)20-16-8-13(9-16)12-3-2-4-14(19)7-12/h2-7,10,13,16,20H,8-9H2,1H3. The molecule has 0 heterocycles. The number of benzene rings is 2. The van der Waals surface area contributed by atoms with Gasteiger partial charge >= 0.3 is 0 Å². The lowest BCUT2D eigenvalue weighted by Crippen LogP contribution is -2.34. The second-order valence-corrected chi connectivity index (χ2v) is 6.38. The Labute approximate surface area is 127 Å². The molecule has 1 N–H and O–H groups in total. The maximum absolute atomic E-state index is 13.2. The number of rotatable bonds is 3. The van der Waals surface area contributed by atoms with Crippen LogP contribution in [0.2, 0.25) is 0 Å². The van der Waals surface area contributed by atoms with E-state index in [1.807, 2.05) is 6.07 Å². The van der Waals surface area contributed by atoms with Gasteiger partial charge in [0, 0.05) is 16.2 Å². The van der Waals surface area contributed by atoms with Crippen molar-refractivity contribution in [1.82, 2.24) is 0 Å². The summed E-state index contributed by atoms with van der Waals surface area (Å²) in [5.74, 6) is 0.346. The van der Waals surface area contributed by atoms with Crippen molar-refractivity contribution in [2.45, 2.75) is 31.7 Å². The van der Waals surface area contributed by atoms with Crippen LogP contribution < -0.4 is 5.32 Å². The Morgan fingerprint density at radius 1 is 1.15 bits per heavy atom. The Morgan fingerprint density at radius 2 is 1.95 bits per heavy atom. The number of halogens is 2. The molecule has 3 heteroatoms. The number of aryl methyl sites for hydroxylation is 1. The Kier molecular flexibility index (Phi) is 3.79. The van der Waals surface area contributed by atoms with E-state index in [1.165, 1.54) is 11.6 Å². The van der Waals surface area contributed by atoms with Crippen LogP contribution in [-0.2, 0) is 0 Å². The van der Waals surface area contributed by atoms with E-state index in [2.05, 4.69) is 46.4 Å². The van der Waals surface area contributed by atoms with Crippen molar-refractivity contribution in [2.24, 2.45) is 0 Å². The van der Waals surface area contributed by atoms with Gasteiger partial charge in [0.2, 0.25) is 0 Å². The van der Waals surface area contributed by atoms with Gasteiger partial charge in [0.25, 0.3) is 0 Å². The monoisotopic (exact) mass is 333 g/mol. The van der Waals surface area contributed by atoms with Crippen molar-refractivity contribution in [3.8, 4) is 0 Å². The van der Waals surface area contributed by atoms with Crippen LogP contribution in [0.5, 0.6) is 0 Å². The normalized spacial score (nSPS) is 21.4. The van der Waals surface area contributed by atoms with Crippen molar-refractivity contribution >= 4 is 21.6 Å². The molecule has 104 valence electrons. The number of hydrogen-bond acceptors (Lipinski definition) is 1. The highest BCUT2D eigenvalue weighted by Gasteiger charge is 2.30. The van der Waals surface area contributed by atoms with Gasteiger partial charge in [-0.15, -0.1) is 0 Å². The van der Waals surface area contributed by atoms with E-state index in [1.54, 1.807) is 12.1 Å². The molecule has 2 aromatic carbocycles. The Bertz CT molecular complexity index is 620. The van der Waals surface area contributed by atoms with Gasteiger partial charge in [-0.2, -0.15) is 0 Å². The largest absolute Gasteiger partial charge is 0.382 e. The summed E-state index contributed by atoms with van der Waals surface area (Å²) in [6, 6.07) is 13.8. The topological polar surface area (TPSA) is 12.0 Å². The predicted octanol–water partition coefficient (Wildman–Crippen LogP) is 5.25. The van der Waals surface area contributed by atoms with Crippen LogP contribution in [0, 0.1) is 12.7 Å². The first-order valence-electron chi connectivity index (χ1n) is 6.90. The van der Waals surface area contributed by atoms with Crippen LogP contribution >= 0.6 is 15.9 Å². The zero-order chi connectivity index (χ0) is 14.1. The molecular weight excluding hydrogens is 317 g/mol. The number of nitrogens with one attached hydrogen (secondary N) is 1. The molecule has 1 saturated carbocycles. The summed E-state index contributed by atoms with van der Waals surface area (Å²) in [5.41, 5.74) is 3.50. The molecule has 20 heavy (non-hydrogen) atoms. The molecule has 0 spiro atoms. The summed E-state index contributed by atoms with van der Waals surface area (Å²) in [6.45, 7) is 2.08. The van der Waals surface area contributed by atoms with Gasteiger partial charge in [0.15, 0.2) is 0 Å². The third kappa shape index (κ3) is 2.88. The van der Waals surface area contributed by atoms with E-state index >= 15 is 0 Å². The molecule has 0 bridgehead atoms. The highest BCUT2D eigenvalue weighted by molar-refractivity contribution is 9.10. The van der Waals surface area contributed by atoms with Crippen LogP contribution in [0.1, 0.15) is 29.9 Å². The van der Waals surface area contributed by atoms with E-state index in [9.17, 15) is 4.39 Å². The molecule has 0 amide bonds. The Morgan fingerprint density at radius 3 is 2.65 bits per heavy atom. The van der Waals surface area contributed by atoms with Crippen LogP contribution in [0.15, 0.2) is 46.9 Å². The lowest BCUT2D eigenvalue weighted by atomic mass is 9.76. The summed E-state index contributed by atoms with van der Waals surface area (Å²) >= 11 is 3.55. The van der Waals surface area contributed by atoms with Crippen LogP contribution in [0.4, 0.5) is 10.1 Å². The van der Waals surface area contributed by atoms with E-state index in [0.717, 1.165) is 28.6 Å². The average molecular weight is 334 g/mol. The number of anilines is 1. The summed E-state index contributed by atoms with van der Waals surface area (Å²) < 4.78 is 14.3. The minimum Gasteiger partial charge on any atom is -0.382 e. The maximum Gasteiger partial charge on any atom is 0.123 e. The van der Waals surface area contributed by atoms with Gasteiger partial charge in [-0.05, 0) is 61.1 Å². The van der Waals surface area contributed by atoms with E-state index in [0.29, 0.717) is 12.0 Å². The van der Waals surface area contributed by atoms with Gasteiger partial charge in [-0.1, -0.05) is 34.1 Å². The van der Waals surface area contributed by atoms with E-state index < -0.39 is 0 Å². The smallest absolute Gasteiger partial charge is 0.123 e. The Hall–Kier alpha value is -1.35. The SMILES string of the molecule is Cc1ccc(NC2CC(c3cccc(F)c3)C2)cc1Br. The average Bonchev–Trinajstić information content (AvgIpc) is 2.37. The van der Waals surface area contributed by atoms with E-state index in [4.69, 9.17) is 0 Å². The second-order valence-electron chi connectivity index (χ2n) is 5.53. The third-order valence-corrected chi connectivity index (χ3v) is 4.86. The first-order chi connectivity index (χ1) is 9.61. The van der Waals surface area contributed by atoms with Crippen LogP contribution in [0.3, 0.4) is 0 Å². The molecular formula is C17H17BrFN. The second kappa shape index (κ2) is 5.57. The van der Waals surface area contributed by atoms with Crippen molar-refractivity contribution in [3.63, 3.8) is 0 Å². The molecule has 2 aromatic rings. The molecule has 0 aromatic heterocycles. The first-order valence-corrected chi connectivity index (χ1v) is 7.69. The zero-order valence-corrected chi connectivity index (χ0v) is 13.0. The van der Waals surface area contributed by atoms with Crippen molar-refractivity contribution in [3.05, 3.63) is 63.9 Å². The summed E-state index contributed by atoms with van der Waals surface area (Å²) in [6.07, 6.45) is 2.13. The minimum atomic E-state index is -0.138. The molecule has 0 unspecified atom stereocenters. The highest BCUT2D eigenvalue weighted by atomic mass is 79.9. The zero-order valence-electron chi connectivity index (χ0n) is 11.4. The molecule has 0 atom stereocenters. The van der Waals surface area contributed by atoms with Crippen molar-refractivity contribution < 1.29 is 4.39 Å². The lowest BCUT2D eigenvalue weighted by molar-refractivity contribution is 0.373. The maximum atomic E-state index is 13.2. The molecule has 1 aliphatic rings. The molecule has 3 rings (SSSR count). The molecule has 1 aliphatic carbocycles. The molecule has 0 aliphatic heterocycles. The molecule has 1 nitrogen and oxygen atoms in total. The van der Waals surface area contributed by atoms with E-state index in [-0.39, 0.29) is 5.82 Å². The van der Waals surface area contributed by atoms with Crippen molar-refractivity contribution in [2.75, 3.05) is 5.32 Å². The molecule has 0 radical (unpaired) electrons. The molecule has 1 fully saturated rings. The summed E-state index contributed by atoms with van der Waals surface area (Å²) in [5, 5.41) is 3.54. The Balaban J connectivity index is 1.59. The highest BCUT2D eigenvalue weighted by Crippen LogP contribution is 2.38. The predicted molar refractivity (Wildman–Crippen MR) is 84.7 cm³/mol. The third-order valence-electron chi connectivity index (χ3n) is 4.00. The minimum absolute atomic E-state index is 0.138. The quantitative estimate of drug-likeness (QED) is 0.808. The van der Waals surface area contributed by atoms with Gasteiger partial charge in [0.1, 0.15) is 5.82 Å². The fourth-order valence-electron chi connectivity index (χ4n) is 2.69. The van der Waals surface area contributed by atoms with Gasteiger partial charge in [-0.3, -0.25) is 0 Å². The van der Waals surface area contributed by atoms with Crippen LogP contribution in [-0.4, -0.2) is 6.04 Å². The van der Waals surface area contributed by atoms with Gasteiger partial charge in [0.05, 0.1) is 0 Å². The van der Waals surface area contributed by atoms with Gasteiger partial charge in [-0.25, -0.2) is 4.39 Å². The fraction of sp³-hybridized carbons (Fsp3) is 0.294. The summed E-state index contributed by atoms with van der Waals surface area (Å²) in [7, 11) is 0. The van der Waals surface area contributed by atoms with Crippen LogP contribution in [0.25, 0.3) is 0 Å². The van der Waals surface area contributed by atoms with Gasteiger partial charge < -0.3 is 5.32 Å². The van der Waals surface area contributed by atoms with Crippen molar-refractivity contribution in [1.29, 1.82) is 0 Å². The summed E-state index contributed by atoms with van der Waals surface area (Å²) in [4.78, 5) is 0. The molecule has 0 saturated heterocycles. The lowest BCUT2D eigenvalue weighted by Gasteiger charge is -2.37. The first kappa shape index (κ1) is 13.6.